The summed E-state index contributed by atoms with van der Waals surface area (Å²) in [5.41, 5.74) is 2.11. The fourth-order valence-electron chi connectivity index (χ4n) is 3.38. The first-order valence-electron chi connectivity index (χ1n) is 7.47. The maximum absolute atomic E-state index is 11.3. The van der Waals surface area contributed by atoms with Crippen LogP contribution in [-0.2, 0) is 11.3 Å². The largest absolute Gasteiger partial charge is 0.481 e. The number of aromatic nitrogens is 1. The van der Waals surface area contributed by atoms with Gasteiger partial charge in [0.2, 0.25) is 0 Å². The number of benzene rings is 1. The van der Waals surface area contributed by atoms with E-state index in [1.807, 2.05) is 18.2 Å². The van der Waals surface area contributed by atoms with Crippen molar-refractivity contribution in [1.29, 1.82) is 0 Å². The molecule has 0 spiro atoms. The molecule has 3 heteroatoms. The molecule has 1 unspecified atom stereocenters. The van der Waals surface area contributed by atoms with Gasteiger partial charge in [0.25, 0.3) is 0 Å². The molecule has 1 aromatic carbocycles. The molecular weight excluding hydrogens is 250 g/mol. The Labute approximate surface area is 119 Å². The highest BCUT2D eigenvalue weighted by atomic mass is 16.4. The molecule has 0 aliphatic heterocycles. The Bertz CT molecular complexity index is 623. The molecule has 1 atom stereocenters. The van der Waals surface area contributed by atoms with Crippen molar-refractivity contribution in [2.45, 2.75) is 45.1 Å². The fourth-order valence-corrected chi connectivity index (χ4v) is 3.38. The van der Waals surface area contributed by atoms with Crippen LogP contribution < -0.4 is 0 Å². The van der Waals surface area contributed by atoms with Gasteiger partial charge in [0.05, 0.1) is 5.92 Å². The first-order chi connectivity index (χ1) is 9.66. The van der Waals surface area contributed by atoms with Gasteiger partial charge in [-0.25, -0.2) is 0 Å². The molecule has 1 aliphatic carbocycles. The third-order valence-electron chi connectivity index (χ3n) is 4.59. The van der Waals surface area contributed by atoms with Crippen molar-refractivity contribution in [3.8, 4) is 0 Å². The molecule has 0 radical (unpaired) electrons. The van der Waals surface area contributed by atoms with Crippen LogP contribution in [0.4, 0.5) is 0 Å². The molecule has 2 aromatic rings. The highest BCUT2D eigenvalue weighted by Crippen LogP contribution is 2.31. The van der Waals surface area contributed by atoms with Crippen LogP contribution in [0.2, 0.25) is 0 Å². The number of carbonyl (C=O) groups is 1. The van der Waals surface area contributed by atoms with Crippen molar-refractivity contribution in [2.75, 3.05) is 0 Å². The minimum Gasteiger partial charge on any atom is -0.481 e. The van der Waals surface area contributed by atoms with Crippen LogP contribution in [0.1, 0.15) is 44.1 Å². The van der Waals surface area contributed by atoms with Crippen molar-refractivity contribution in [1.82, 2.24) is 4.57 Å². The third kappa shape index (κ3) is 2.33. The zero-order chi connectivity index (χ0) is 14.1. The minimum atomic E-state index is -0.756. The molecule has 0 amide bonds. The summed E-state index contributed by atoms with van der Waals surface area (Å²) < 4.78 is 2.26. The summed E-state index contributed by atoms with van der Waals surface area (Å²) in [6.45, 7) is 2.79. The predicted octanol–water partition coefficient (Wildman–Crippen LogP) is 4.02. The van der Waals surface area contributed by atoms with Crippen LogP contribution >= 0.6 is 0 Å². The van der Waals surface area contributed by atoms with Gasteiger partial charge < -0.3 is 9.67 Å². The number of rotatable bonds is 4. The van der Waals surface area contributed by atoms with Gasteiger partial charge in [0.1, 0.15) is 0 Å². The number of para-hydroxylation sites is 1. The lowest BCUT2D eigenvalue weighted by atomic mass is 10.0. The predicted molar refractivity (Wildman–Crippen MR) is 79.9 cm³/mol. The highest BCUT2D eigenvalue weighted by molar-refractivity contribution is 5.89. The molecule has 1 N–H and O–H groups in total. The van der Waals surface area contributed by atoms with E-state index in [4.69, 9.17) is 0 Å². The number of fused-ring (bicyclic) bond motifs is 1. The van der Waals surface area contributed by atoms with Gasteiger partial charge in [0, 0.05) is 23.6 Å². The van der Waals surface area contributed by atoms with Crippen LogP contribution in [-0.4, -0.2) is 15.6 Å². The second kappa shape index (κ2) is 5.31. The van der Waals surface area contributed by atoms with E-state index in [1.54, 1.807) is 6.92 Å². The average molecular weight is 271 g/mol. The molecule has 20 heavy (non-hydrogen) atoms. The van der Waals surface area contributed by atoms with E-state index in [2.05, 4.69) is 16.8 Å². The second-order valence-electron chi connectivity index (χ2n) is 5.96. The van der Waals surface area contributed by atoms with E-state index >= 15 is 0 Å². The Morgan fingerprint density at radius 1 is 1.35 bits per heavy atom. The summed E-state index contributed by atoms with van der Waals surface area (Å²) in [4.78, 5) is 11.3. The zero-order valence-corrected chi connectivity index (χ0v) is 11.9. The number of hydrogen-bond acceptors (Lipinski definition) is 1. The van der Waals surface area contributed by atoms with E-state index < -0.39 is 11.9 Å². The monoisotopic (exact) mass is 271 g/mol. The van der Waals surface area contributed by atoms with E-state index in [-0.39, 0.29) is 0 Å². The summed E-state index contributed by atoms with van der Waals surface area (Å²) in [7, 11) is 0. The third-order valence-corrected chi connectivity index (χ3v) is 4.59. The average Bonchev–Trinajstić information content (AvgIpc) is 3.07. The van der Waals surface area contributed by atoms with Crippen LogP contribution in [0.5, 0.6) is 0 Å². The Morgan fingerprint density at radius 3 is 2.75 bits per heavy atom. The molecule has 1 heterocycles. The first kappa shape index (κ1) is 13.2. The molecule has 0 saturated heterocycles. The molecule has 1 aliphatic rings. The van der Waals surface area contributed by atoms with Crippen molar-refractivity contribution >= 4 is 16.9 Å². The van der Waals surface area contributed by atoms with Gasteiger partial charge in [0.15, 0.2) is 0 Å². The summed E-state index contributed by atoms with van der Waals surface area (Å²) >= 11 is 0. The summed E-state index contributed by atoms with van der Waals surface area (Å²) in [5, 5.41) is 10.4. The molecule has 3 rings (SSSR count). The van der Waals surface area contributed by atoms with Crippen molar-refractivity contribution in [2.24, 2.45) is 5.92 Å². The van der Waals surface area contributed by atoms with E-state index in [1.165, 1.54) is 31.2 Å². The summed E-state index contributed by atoms with van der Waals surface area (Å²) in [6.07, 6.45) is 7.33. The first-order valence-corrected chi connectivity index (χ1v) is 7.47. The number of hydrogen-bond donors (Lipinski definition) is 1. The van der Waals surface area contributed by atoms with Crippen LogP contribution in [0, 0.1) is 5.92 Å². The maximum atomic E-state index is 11.3. The molecule has 1 fully saturated rings. The van der Waals surface area contributed by atoms with Crippen molar-refractivity contribution < 1.29 is 9.90 Å². The second-order valence-corrected chi connectivity index (χ2v) is 5.96. The SMILES string of the molecule is CC(C(=O)O)c1cn(CC2CCCC2)c2ccccc12. The smallest absolute Gasteiger partial charge is 0.310 e. The molecule has 1 aromatic heterocycles. The number of nitrogens with zero attached hydrogens (tertiary/aromatic N) is 1. The fraction of sp³-hybridized carbons (Fsp3) is 0.471. The quantitative estimate of drug-likeness (QED) is 0.912. The Morgan fingerprint density at radius 2 is 2.05 bits per heavy atom. The summed E-state index contributed by atoms with van der Waals surface area (Å²) in [6, 6.07) is 8.15. The van der Waals surface area contributed by atoms with Crippen LogP contribution in [0.3, 0.4) is 0 Å². The highest BCUT2D eigenvalue weighted by Gasteiger charge is 2.21. The van der Waals surface area contributed by atoms with E-state index in [0.29, 0.717) is 0 Å². The van der Waals surface area contributed by atoms with Gasteiger partial charge in [-0.2, -0.15) is 0 Å². The lowest BCUT2D eigenvalue weighted by Crippen LogP contribution is -2.08. The molecular formula is C17H21NO2. The van der Waals surface area contributed by atoms with Gasteiger partial charge in [-0.1, -0.05) is 31.0 Å². The van der Waals surface area contributed by atoms with Crippen LogP contribution in [0.25, 0.3) is 10.9 Å². The van der Waals surface area contributed by atoms with Crippen molar-refractivity contribution in [3.63, 3.8) is 0 Å². The molecule has 1 saturated carbocycles. The lowest BCUT2D eigenvalue weighted by molar-refractivity contribution is -0.138. The molecule has 106 valence electrons. The standard InChI is InChI=1S/C17H21NO2/c1-12(17(19)20)15-11-18(10-13-6-2-3-7-13)16-9-5-4-8-14(15)16/h4-5,8-9,11-13H,2-3,6-7,10H2,1H3,(H,19,20). The van der Waals surface area contributed by atoms with E-state index in [9.17, 15) is 9.90 Å². The van der Waals surface area contributed by atoms with Crippen LogP contribution in [0.15, 0.2) is 30.5 Å². The lowest BCUT2D eigenvalue weighted by Gasteiger charge is -2.11. The number of carboxylic acids is 1. The van der Waals surface area contributed by atoms with Gasteiger partial charge in [-0.3, -0.25) is 4.79 Å². The Hall–Kier alpha value is -1.77. The molecule has 3 nitrogen and oxygen atoms in total. The normalized spacial score (nSPS) is 17.6. The molecule has 0 bridgehead atoms. The number of carboxylic acid groups (broad SMARTS) is 1. The summed E-state index contributed by atoms with van der Waals surface area (Å²) in [5.74, 6) is -0.461. The van der Waals surface area contributed by atoms with Gasteiger partial charge in [-0.05, 0) is 37.3 Å². The van der Waals surface area contributed by atoms with Gasteiger partial charge in [-0.15, -0.1) is 0 Å². The minimum absolute atomic E-state index is 0.454. The Kier molecular flexibility index (Phi) is 3.51. The maximum Gasteiger partial charge on any atom is 0.310 e. The topological polar surface area (TPSA) is 42.2 Å². The van der Waals surface area contributed by atoms with Gasteiger partial charge >= 0.3 is 5.97 Å². The number of aliphatic carboxylic acids is 1. The zero-order valence-electron chi connectivity index (χ0n) is 11.9. The Balaban J connectivity index is 2.01. The van der Waals surface area contributed by atoms with Crippen molar-refractivity contribution in [3.05, 3.63) is 36.0 Å². The van der Waals surface area contributed by atoms with E-state index in [0.717, 1.165) is 23.4 Å².